The minimum absolute atomic E-state index is 0.103. The fourth-order valence-corrected chi connectivity index (χ4v) is 2.15. The summed E-state index contributed by atoms with van der Waals surface area (Å²) in [7, 11) is 2.93. The molecule has 0 saturated heterocycles. The molecule has 0 aliphatic heterocycles. The SMILES string of the molecule is COc1cc(C(=O)Nc2ccc(F)c([N+](=O)[O-])c2)cc(OC)c1C. The Kier molecular flexibility index (Phi) is 4.98. The second-order valence-electron chi connectivity index (χ2n) is 4.88. The van der Waals surface area contributed by atoms with Crippen molar-refractivity contribution >= 4 is 17.3 Å². The first-order valence-electron chi connectivity index (χ1n) is 6.85. The van der Waals surface area contributed by atoms with E-state index in [1.807, 2.05) is 0 Å². The average molecular weight is 334 g/mol. The highest BCUT2D eigenvalue weighted by atomic mass is 19.1. The largest absolute Gasteiger partial charge is 0.496 e. The van der Waals surface area contributed by atoms with Crippen LogP contribution in [0.5, 0.6) is 11.5 Å². The van der Waals surface area contributed by atoms with Crippen molar-refractivity contribution in [3.8, 4) is 11.5 Å². The quantitative estimate of drug-likeness (QED) is 0.669. The number of ether oxygens (including phenoxy) is 2. The average Bonchev–Trinajstić information content (AvgIpc) is 2.56. The molecular weight excluding hydrogens is 319 g/mol. The predicted octanol–water partition coefficient (Wildman–Crippen LogP) is 3.31. The van der Waals surface area contributed by atoms with Crippen molar-refractivity contribution in [2.45, 2.75) is 6.92 Å². The summed E-state index contributed by atoms with van der Waals surface area (Å²) in [5.74, 6) is -0.585. The zero-order chi connectivity index (χ0) is 17.9. The molecule has 0 unspecified atom stereocenters. The number of nitrogens with zero attached hydrogens (tertiary/aromatic N) is 1. The molecule has 8 heteroatoms. The smallest absolute Gasteiger partial charge is 0.306 e. The van der Waals surface area contributed by atoms with Crippen molar-refractivity contribution in [3.05, 3.63) is 57.4 Å². The van der Waals surface area contributed by atoms with Gasteiger partial charge in [-0.3, -0.25) is 14.9 Å². The molecule has 0 heterocycles. The van der Waals surface area contributed by atoms with Crippen LogP contribution < -0.4 is 14.8 Å². The van der Waals surface area contributed by atoms with Crippen LogP contribution in [0, 0.1) is 22.9 Å². The Morgan fingerprint density at radius 1 is 1.17 bits per heavy atom. The van der Waals surface area contributed by atoms with Crippen molar-refractivity contribution in [2.24, 2.45) is 0 Å². The van der Waals surface area contributed by atoms with Crippen LogP contribution in [-0.2, 0) is 0 Å². The van der Waals surface area contributed by atoms with Crippen LogP contribution in [-0.4, -0.2) is 25.1 Å². The normalized spacial score (nSPS) is 10.2. The van der Waals surface area contributed by atoms with Crippen LogP contribution in [0.15, 0.2) is 30.3 Å². The number of hydrogen-bond acceptors (Lipinski definition) is 5. The van der Waals surface area contributed by atoms with Gasteiger partial charge in [0.25, 0.3) is 5.91 Å². The van der Waals surface area contributed by atoms with Gasteiger partial charge in [-0.1, -0.05) is 0 Å². The number of nitrogens with one attached hydrogen (secondary N) is 1. The molecule has 2 aromatic carbocycles. The number of carbonyl (C=O) groups excluding carboxylic acids is 1. The van der Waals surface area contributed by atoms with Crippen LogP contribution >= 0.6 is 0 Å². The molecule has 0 aromatic heterocycles. The van der Waals surface area contributed by atoms with Gasteiger partial charge in [0.15, 0.2) is 0 Å². The van der Waals surface area contributed by atoms with Gasteiger partial charge in [-0.2, -0.15) is 4.39 Å². The van der Waals surface area contributed by atoms with Gasteiger partial charge in [-0.15, -0.1) is 0 Å². The number of halogens is 1. The van der Waals surface area contributed by atoms with Crippen molar-refractivity contribution in [3.63, 3.8) is 0 Å². The maximum atomic E-state index is 13.3. The summed E-state index contributed by atoms with van der Waals surface area (Å²) in [6.07, 6.45) is 0. The van der Waals surface area contributed by atoms with Gasteiger partial charge in [0.2, 0.25) is 5.82 Å². The molecule has 0 spiro atoms. The molecule has 24 heavy (non-hydrogen) atoms. The molecule has 0 radical (unpaired) electrons. The van der Waals surface area contributed by atoms with Gasteiger partial charge in [0, 0.05) is 22.9 Å². The molecule has 1 N–H and O–H groups in total. The van der Waals surface area contributed by atoms with Crippen LogP contribution in [0.4, 0.5) is 15.8 Å². The lowest BCUT2D eigenvalue weighted by Gasteiger charge is -2.12. The number of nitro groups is 1. The highest BCUT2D eigenvalue weighted by Crippen LogP contribution is 2.30. The molecule has 0 saturated carbocycles. The lowest BCUT2D eigenvalue weighted by Crippen LogP contribution is -2.13. The van der Waals surface area contributed by atoms with E-state index >= 15 is 0 Å². The zero-order valence-corrected chi connectivity index (χ0v) is 13.3. The minimum Gasteiger partial charge on any atom is -0.496 e. The summed E-state index contributed by atoms with van der Waals surface area (Å²) in [4.78, 5) is 22.2. The second kappa shape index (κ2) is 6.95. The van der Waals surface area contributed by atoms with Crippen LogP contribution in [0.25, 0.3) is 0 Å². The third kappa shape index (κ3) is 3.43. The number of rotatable bonds is 5. The van der Waals surface area contributed by atoms with E-state index in [1.54, 1.807) is 6.92 Å². The highest BCUT2D eigenvalue weighted by molar-refractivity contribution is 6.05. The van der Waals surface area contributed by atoms with E-state index in [0.29, 0.717) is 11.5 Å². The molecule has 1 amide bonds. The summed E-state index contributed by atoms with van der Waals surface area (Å²) < 4.78 is 23.7. The zero-order valence-electron chi connectivity index (χ0n) is 13.3. The van der Waals surface area contributed by atoms with E-state index in [0.717, 1.165) is 17.7 Å². The van der Waals surface area contributed by atoms with E-state index in [9.17, 15) is 19.3 Å². The Morgan fingerprint density at radius 3 is 2.25 bits per heavy atom. The number of nitro benzene ring substituents is 1. The summed E-state index contributed by atoms with van der Waals surface area (Å²) >= 11 is 0. The van der Waals surface area contributed by atoms with Gasteiger partial charge in [-0.25, -0.2) is 0 Å². The molecule has 2 aromatic rings. The lowest BCUT2D eigenvalue weighted by atomic mass is 10.1. The molecule has 0 bridgehead atoms. The Hall–Kier alpha value is -3.16. The van der Waals surface area contributed by atoms with Crippen molar-refractivity contribution in [1.82, 2.24) is 0 Å². The molecule has 7 nitrogen and oxygen atoms in total. The fourth-order valence-electron chi connectivity index (χ4n) is 2.15. The number of carbonyl (C=O) groups is 1. The van der Waals surface area contributed by atoms with Gasteiger partial charge >= 0.3 is 5.69 Å². The monoisotopic (exact) mass is 334 g/mol. The fraction of sp³-hybridized carbons (Fsp3) is 0.188. The molecular formula is C16H15FN2O5. The summed E-state index contributed by atoms with van der Waals surface area (Å²) in [6.45, 7) is 1.78. The highest BCUT2D eigenvalue weighted by Gasteiger charge is 2.17. The molecule has 0 aliphatic carbocycles. The Morgan fingerprint density at radius 2 is 1.75 bits per heavy atom. The Labute approximate surface area is 137 Å². The predicted molar refractivity (Wildman–Crippen MR) is 85.3 cm³/mol. The Bertz CT molecular complexity index is 782. The number of methoxy groups -OCH3 is 2. The molecule has 126 valence electrons. The van der Waals surface area contributed by atoms with Gasteiger partial charge in [-0.05, 0) is 31.2 Å². The standard InChI is InChI=1S/C16H15FN2O5/c1-9-14(23-2)6-10(7-15(9)24-3)16(20)18-11-4-5-12(17)13(8-11)19(21)22/h4-8H,1-3H3,(H,18,20). The summed E-state index contributed by atoms with van der Waals surface area (Å²) in [5, 5.41) is 13.2. The van der Waals surface area contributed by atoms with Crippen molar-refractivity contribution in [2.75, 3.05) is 19.5 Å². The van der Waals surface area contributed by atoms with E-state index in [4.69, 9.17) is 9.47 Å². The van der Waals surface area contributed by atoms with Gasteiger partial charge in [0.1, 0.15) is 11.5 Å². The first-order chi connectivity index (χ1) is 11.4. The molecule has 0 atom stereocenters. The van der Waals surface area contributed by atoms with Crippen molar-refractivity contribution < 1.29 is 23.6 Å². The molecule has 2 rings (SSSR count). The van der Waals surface area contributed by atoms with E-state index in [2.05, 4.69) is 5.32 Å². The summed E-state index contributed by atoms with van der Waals surface area (Å²) in [6, 6.07) is 6.15. The number of anilines is 1. The first-order valence-corrected chi connectivity index (χ1v) is 6.85. The second-order valence-corrected chi connectivity index (χ2v) is 4.88. The third-order valence-electron chi connectivity index (χ3n) is 3.42. The van der Waals surface area contributed by atoms with Crippen LogP contribution in [0.1, 0.15) is 15.9 Å². The van der Waals surface area contributed by atoms with Crippen molar-refractivity contribution in [1.29, 1.82) is 0 Å². The topological polar surface area (TPSA) is 90.7 Å². The third-order valence-corrected chi connectivity index (χ3v) is 3.42. The minimum atomic E-state index is -0.975. The molecule has 0 aliphatic rings. The first kappa shape index (κ1) is 17.2. The van der Waals surface area contributed by atoms with Crippen LogP contribution in [0.2, 0.25) is 0 Å². The number of amides is 1. The lowest BCUT2D eigenvalue weighted by molar-refractivity contribution is -0.387. The summed E-state index contributed by atoms with van der Waals surface area (Å²) in [5.41, 5.74) is 0.355. The van der Waals surface area contributed by atoms with Gasteiger partial charge < -0.3 is 14.8 Å². The molecule has 0 fully saturated rings. The maximum Gasteiger partial charge on any atom is 0.306 e. The maximum absolute atomic E-state index is 13.3. The van der Waals surface area contributed by atoms with Crippen LogP contribution in [0.3, 0.4) is 0 Å². The van der Waals surface area contributed by atoms with E-state index in [1.165, 1.54) is 32.4 Å². The number of hydrogen-bond donors (Lipinski definition) is 1. The van der Waals surface area contributed by atoms with E-state index < -0.39 is 22.3 Å². The van der Waals surface area contributed by atoms with Gasteiger partial charge in [0.05, 0.1) is 19.1 Å². The Balaban J connectivity index is 2.33. The van der Waals surface area contributed by atoms with E-state index in [-0.39, 0.29) is 11.3 Å². The number of benzene rings is 2.